The third-order valence-electron chi connectivity index (χ3n) is 2.28. The van der Waals surface area contributed by atoms with Gasteiger partial charge in [-0.15, -0.1) is 0 Å². The molecule has 2 aromatic rings. The van der Waals surface area contributed by atoms with E-state index in [4.69, 9.17) is 0 Å². The number of aromatic nitrogens is 1. The van der Waals surface area contributed by atoms with Gasteiger partial charge in [-0.25, -0.2) is 0 Å². The van der Waals surface area contributed by atoms with E-state index in [2.05, 4.69) is 35.7 Å². The van der Waals surface area contributed by atoms with Crippen molar-refractivity contribution in [3.8, 4) is 0 Å². The van der Waals surface area contributed by atoms with Crippen LogP contribution in [0.5, 0.6) is 0 Å². The fourth-order valence-corrected chi connectivity index (χ4v) is 1.54. The van der Waals surface area contributed by atoms with Crippen molar-refractivity contribution < 1.29 is 0 Å². The van der Waals surface area contributed by atoms with Gasteiger partial charge in [0, 0.05) is 11.7 Å². The second kappa shape index (κ2) is 3.65. The number of fused-ring (bicyclic) bond motifs is 1. The summed E-state index contributed by atoms with van der Waals surface area (Å²) in [4.78, 5) is 0. The maximum Gasteiger partial charge on any atom is 0.0732 e. The normalized spacial score (nSPS) is 10.8. The molecule has 2 aromatic heterocycles. The van der Waals surface area contributed by atoms with E-state index in [0.717, 1.165) is 6.42 Å². The predicted octanol–water partition coefficient (Wildman–Crippen LogP) is 3.08. The third kappa shape index (κ3) is 1.74. The van der Waals surface area contributed by atoms with Crippen molar-refractivity contribution in [3.05, 3.63) is 42.2 Å². The Kier molecular flexibility index (Phi) is 2.35. The van der Waals surface area contributed by atoms with Gasteiger partial charge in [-0.3, -0.25) is 0 Å². The molecule has 0 aliphatic rings. The molecule has 0 saturated heterocycles. The largest absolute Gasteiger partial charge is 0.315 e. The van der Waals surface area contributed by atoms with Crippen molar-refractivity contribution in [2.24, 2.45) is 0 Å². The van der Waals surface area contributed by atoms with E-state index in [1.807, 2.05) is 12.3 Å². The Hall–Kier alpha value is -1.24. The van der Waals surface area contributed by atoms with E-state index in [-0.39, 0.29) is 0 Å². The summed E-state index contributed by atoms with van der Waals surface area (Å²) in [5.41, 5.74) is 2.57. The summed E-state index contributed by atoms with van der Waals surface area (Å²) in [6, 6.07) is 8.43. The zero-order valence-electron chi connectivity index (χ0n) is 7.96. The standard InChI is InChI=1S/C12H14N/c1-2-3-6-11-9-12-7-4-5-8-13(12)10-11/h4-5,7-9H,2-3,6H2,1H3. The molecule has 2 rings (SSSR count). The molecular formula is C12H14N. The van der Waals surface area contributed by atoms with E-state index in [0.29, 0.717) is 0 Å². The highest BCUT2D eigenvalue weighted by atomic mass is 14.8. The minimum atomic E-state index is 1.15. The number of hydrogen-bond acceptors (Lipinski definition) is 0. The molecule has 1 nitrogen and oxygen atoms in total. The Morgan fingerprint density at radius 2 is 2.31 bits per heavy atom. The van der Waals surface area contributed by atoms with Crippen molar-refractivity contribution in [2.75, 3.05) is 0 Å². The summed E-state index contributed by atoms with van der Waals surface area (Å²) < 4.78 is 2.06. The molecule has 1 heteroatoms. The fourth-order valence-electron chi connectivity index (χ4n) is 1.54. The maximum atomic E-state index is 3.35. The second-order valence-electron chi connectivity index (χ2n) is 3.38. The fraction of sp³-hybridized carbons (Fsp3) is 0.333. The van der Waals surface area contributed by atoms with Gasteiger partial charge < -0.3 is 4.40 Å². The van der Waals surface area contributed by atoms with Crippen molar-refractivity contribution in [1.82, 2.24) is 4.40 Å². The van der Waals surface area contributed by atoms with Gasteiger partial charge in [0.05, 0.1) is 6.20 Å². The SMILES string of the molecule is CCCCc1[c]n2ccccc2c1. The molecule has 67 valence electrons. The van der Waals surface area contributed by atoms with Crippen LogP contribution in [0.1, 0.15) is 25.3 Å². The van der Waals surface area contributed by atoms with E-state index in [1.54, 1.807) is 0 Å². The molecule has 0 fully saturated rings. The van der Waals surface area contributed by atoms with Gasteiger partial charge in [0.2, 0.25) is 0 Å². The van der Waals surface area contributed by atoms with Crippen LogP contribution in [0, 0.1) is 6.20 Å². The molecule has 0 amide bonds. The molecule has 0 aliphatic carbocycles. The van der Waals surface area contributed by atoms with Crippen molar-refractivity contribution in [3.63, 3.8) is 0 Å². The van der Waals surface area contributed by atoms with Crippen molar-refractivity contribution in [1.29, 1.82) is 0 Å². The summed E-state index contributed by atoms with van der Waals surface area (Å²) in [6.07, 6.45) is 9.05. The Labute approximate surface area is 79.0 Å². The number of nitrogens with zero attached hydrogens (tertiary/aromatic N) is 1. The average Bonchev–Trinajstić information content (AvgIpc) is 2.57. The van der Waals surface area contributed by atoms with Gasteiger partial charge in [-0.1, -0.05) is 19.4 Å². The minimum absolute atomic E-state index is 1.15. The highest BCUT2D eigenvalue weighted by Crippen LogP contribution is 2.11. The van der Waals surface area contributed by atoms with Gasteiger partial charge in [-0.05, 0) is 36.6 Å². The predicted molar refractivity (Wildman–Crippen MR) is 54.8 cm³/mol. The summed E-state index contributed by atoms with van der Waals surface area (Å²) in [5, 5.41) is 0. The molecule has 2 heterocycles. The molecule has 0 spiro atoms. The van der Waals surface area contributed by atoms with Crippen LogP contribution in [0.25, 0.3) is 5.52 Å². The highest BCUT2D eigenvalue weighted by molar-refractivity contribution is 5.49. The number of hydrogen-bond donors (Lipinski definition) is 0. The molecule has 13 heavy (non-hydrogen) atoms. The van der Waals surface area contributed by atoms with E-state index >= 15 is 0 Å². The Bertz CT molecular complexity index is 354. The van der Waals surface area contributed by atoms with Crippen molar-refractivity contribution in [2.45, 2.75) is 26.2 Å². The molecular weight excluding hydrogens is 158 g/mol. The van der Waals surface area contributed by atoms with Crippen LogP contribution in [0.3, 0.4) is 0 Å². The summed E-state index contributed by atoms with van der Waals surface area (Å²) in [6.45, 7) is 2.22. The Morgan fingerprint density at radius 1 is 1.38 bits per heavy atom. The summed E-state index contributed by atoms with van der Waals surface area (Å²) in [5.74, 6) is 0. The van der Waals surface area contributed by atoms with Crippen LogP contribution in [0.2, 0.25) is 0 Å². The molecule has 0 atom stereocenters. The topological polar surface area (TPSA) is 4.41 Å². The number of pyridine rings is 1. The molecule has 0 saturated carbocycles. The molecule has 0 N–H and O–H groups in total. The maximum absolute atomic E-state index is 3.35. The van der Waals surface area contributed by atoms with E-state index in [1.165, 1.54) is 23.9 Å². The van der Waals surface area contributed by atoms with Gasteiger partial charge in [-0.2, -0.15) is 0 Å². The van der Waals surface area contributed by atoms with Gasteiger partial charge in [0.25, 0.3) is 0 Å². The van der Waals surface area contributed by atoms with Crippen LogP contribution in [0.15, 0.2) is 30.5 Å². The lowest BCUT2D eigenvalue weighted by Gasteiger charge is -1.90. The lowest BCUT2D eigenvalue weighted by atomic mass is 10.1. The molecule has 1 radical (unpaired) electrons. The minimum Gasteiger partial charge on any atom is -0.315 e. The van der Waals surface area contributed by atoms with Crippen LogP contribution in [-0.2, 0) is 6.42 Å². The van der Waals surface area contributed by atoms with Crippen molar-refractivity contribution >= 4 is 5.52 Å². The average molecular weight is 172 g/mol. The van der Waals surface area contributed by atoms with Crippen LogP contribution in [-0.4, -0.2) is 4.40 Å². The molecule has 0 bridgehead atoms. The summed E-state index contributed by atoms with van der Waals surface area (Å²) >= 11 is 0. The first-order valence-corrected chi connectivity index (χ1v) is 4.88. The lowest BCUT2D eigenvalue weighted by Crippen LogP contribution is -1.81. The van der Waals surface area contributed by atoms with Crippen LogP contribution in [0.4, 0.5) is 0 Å². The Morgan fingerprint density at radius 3 is 3.08 bits per heavy atom. The summed E-state index contributed by atoms with van der Waals surface area (Å²) in [7, 11) is 0. The zero-order valence-corrected chi connectivity index (χ0v) is 7.96. The van der Waals surface area contributed by atoms with Gasteiger partial charge in [0.1, 0.15) is 0 Å². The van der Waals surface area contributed by atoms with E-state index < -0.39 is 0 Å². The number of unbranched alkanes of at least 4 members (excludes halogenated alkanes) is 1. The molecule has 0 aromatic carbocycles. The second-order valence-corrected chi connectivity index (χ2v) is 3.38. The Balaban J connectivity index is 2.28. The third-order valence-corrected chi connectivity index (χ3v) is 2.28. The van der Waals surface area contributed by atoms with Gasteiger partial charge >= 0.3 is 0 Å². The van der Waals surface area contributed by atoms with Gasteiger partial charge in [0.15, 0.2) is 0 Å². The van der Waals surface area contributed by atoms with Crippen LogP contribution >= 0.6 is 0 Å². The monoisotopic (exact) mass is 172 g/mol. The first-order valence-electron chi connectivity index (χ1n) is 4.88. The zero-order chi connectivity index (χ0) is 9.10. The molecule has 0 unspecified atom stereocenters. The highest BCUT2D eigenvalue weighted by Gasteiger charge is 1.97. The lowest BCUT2D eigenvalue weighted by molar-refractivity contribution is 0.794. The number of rotatable bonds is 3. The number of aryl methyl sites for hydroxylation is 1. The quantitative estimate of drug-likeness (QED) is 0.670. The smallest absolute Gasteiger partial charge is 0.0732 e. The van der Waals surface area contributed by atoms with Crippen LogP contribution < -0.4 is 0 Å². The first kappa shape index (κ1) is 8.36. The molecule has 0 aliphatic heterocycles. The first-order chi connectivity index (χ1) is 6.40. The van der Waals surface area contributed by atoms with E-state index in [9.17, 15) is 0 Å².